The lowest BCUT2D eigenvalue weighted by Gasteiger charge is -2.03. The molecule has 19 heavy (non-hydrogen) atoms. The van der Waals surface area contributed by atoms with Crippen molar-refractivity contribution in [2.75, 3.05) is 0 Å². The van der Waals surface area contributed by atoms with E-state index in [-0.39, 0.29) is 5.78 Å². The maximum Gasteiger partial charge on any atom is 0.196 e. The van der Waals surface area contributed by atoms with Crippen LogP contribution in [0.2, 0.25) is 0 Å². The SMILES string of the molecule is Cc1ccc(C(=O)c2coc3ccccc23)cc1C. The minimum absolute atomic E-state index is 0.00745. The van der Waals surface area contributed by atoms with E-state index in [0.717, 1.165) is 16.5 Å². The topological polar surface area (TPSA) is 30.2 Å². The molecule has 0 aliphatic rings. The van der Waals surface area contributed by atoms with E-state index < -0.39 is 0 Å². The Labute approximate surface area is 111 Å². The van der Waals surface area contributed by atoms with Gasteiger partial charge in [0.15, 0.2) is 5.78 Å². The molecule has 0 bridgehead atoms. The molecule has 0 saturated carbocycles. The number of benzene rings is 2. The number of ketones is 1. The van der Waals surface area contributed by atoms with Crippen molar-refractivity contribution in [3.05, 3.63) is 71.0 Å². The van der Waals surface area contributed by atoms with E-state index >= 15 is 0 Å². The monoisotopic (exact) mass is 250 g/mol. The summed E-state index contributed by atoms with van der Waals surface area (Å²) in [6.45, 7) is 4.05. The fourth-order valence-electron chi connectivity index (χ4n) is 2.19. The Kier molecular flexibility index (Phi) is 2.71. The number of aryl methyl sites for hydroxylation is 2. The first-order chi connectivity index (χ1) is 9.16. The lowest BCUT2D eigenvalue weighted by Crippen LogP contribution is -2.01. The quantitative estimate of drug-likeness (QED) is 0.635. The Morgan fingerprint density at radius 2 is 1.79 bits per heavy atom. The van der Waals surface area contributed by atoms with Crippen LogP contribution in [0.3, 0.4) is 0 Å². The number of fused-ring (bicyclic) bond motifs is 1. The van der Waals surface area contributed by atoms with Gasteiger partial charge in [0.25, 0.3) is 0 Å². The van der Waals surface area contributed by atoms with E-state index in [0.29, 0.717) is 11.1 Å². The maximum atomic E-state index is 12.5. The average Bonchev–Trinajstić information content (AvgIpc) is 2.85. The van der Waals surface area contributed by atoms with Gasteiger partial charge in [-0.25, -0.2) is 0 Å². The minimum Gasteiger partial charge on any atom is -0.464 e. The largest absolute Gasteiger partial charge is 0.464 e. The number of rotatable bonds is 2. The molecule has 1 aromatic heterocycles. The first-order valence-corrected chi connectivity index (χ1v) is 6.25. The summed E-state index contributed by atoms with van der Waals surface area (Å²) < 4.78 is 5.42. The van der Waals surface area contributed by atoms with Crippen LogP contribution in [-0.4, -0.2) is 5.78 Å². The van der Waals surface area contributed by atoms with Gasteiger partial charge in [0.2, 0.25) is 0 Å². The second-order valence-corrected chi connectivity index (χ2v) is 4.77. The van der Waals surface area contributed by atoms with Crippen molar-refractivity contribution in [3.63, 3.8) is 0 Å². The van der Waals surface area contributed by atoms with E-state index in [1.165, 1.54) is 5.56 Å². The molecule has 94 valence electrons. The number of carbonyl (C=O) groups excluding carboxylic acids is 1. The van der Waals surface area contributed by atoms with Gasteiger partial charge in [-0.1, -0.05) is 30.3 Å². The first-order valence-electron chi connectivity index (χ1n) is 6.25. The third-order valence-electron chi connectivity index (χ3n) is 3.49. The summed E-state index contributed by atoms with van der Waals surface area (Å²) >= 11 is 0. The van der Waals surface area contributed by atoms with E-state index in [1.807, 2.05) is 56.3 Å². The van der Waals surface area contributed by atoms with Crippen LogP contribution in [0.25, 0.3) is 11.0 Å². The number of para-hydroxylation sites is 1. The Hall–Kier alpha value is -2.35. The Balaban J connectivity index is 2.11. The predicted molar refractivity (Wildman–Crippen MR) is 75.6 cm³/mol. The van der Waals surface area contributed by atoms with Gasteiger partial charge in [0.05, 0.1) is 5.56 Å². The zero-order valence-electron chi connectivity index (χ0n) is 10.9. The molecule has 0 saturated heterocycles. The molecule has 0 N–H and O–H groups in total. The highest BCUT2D eigenvalue weighted by atomic mass is 16.3. The van der Waals surface area contributed by atoms with E-state index in [4.69, 9.17) is 4.42 Å². The summed E-state index contributed by atoms with van der Waals surface area (Å²) in [5.41, 5.74) is 4.38. The minimum atomic E-state index is 0.00745. The summed E-state index contributed by atoms with van der Waals surface area (Å²) in [7, 11) is 0. The van der Waals surface area contributed by atoms with Crippen molar-refractivity contribution < 1.29 is 9.21 Å². The third kappa shape index (κ3) is 1.95. The molecule has 2 heteroatoms. The van der Waals surface area contributed by atoms with Crippen LogP contribution in [0.15, 0.2) is 53.1 Å². The second kappa shape index (κ2) is 4.39. The van der Waals surface area contributed by atoms with Gasteiger partial charge >= 0.3 is 0 Å². The van der Waals surface area contributed by atoms with Crippen LogP contribution in [0.1, 0.15) is 27.0 Å². The normalized spacial score (nSPS) is 10.8. The molecule has 3 rings (SSSR count). The molecule has 0 atom stereocenters. The van der Waals surface area contributed by atoms with Crippen LogP contribution in [0.4, 0.5) is 0 Å². The number of hydrogen-bond acceptors (Lipinski definition) is 2. The molecular formula is C17H14O2. The van der Waals surface area contributed by atoms with Crippen molar-refractivity contribution in [1.82, 2.24) is 0 Å². The Morgan fingerprint density at radius 3 is 2.58 bits per heavy atom. The standard InChI is InChI=1S/C17H14O2/c1-11-7-8-13(9-12(11)2)17(18)15-10-19-16-6-4-3-5-14(15)16/h3-10H,1-2H3. The van der Waals surface area contributed by atoms with Gasteiger partial charge in [-0.15, -0.1) is 0 Å². The Morgan fingerprint density at radius 1 is 1.00 bits per heavy atom. The van der Waals surface area contributed by atoms with Gasteiger partial charge in [0.1, 0.15) is 11.8 Å². The molecule has 0 unspecified atom stereocenters. The molecule has 0 fully saturated rings. The Bertz CT molecular complexity index is 766. The van der Waals surface area contributed by atoms with E-state index in [9.17, 15) is 4.79 Å². The highest BCUT2D eigenvalue weighted by Crippen LogP contribution is 2.24. The van der Waals surface area contributed by atoms with Crippen molar-refractivity contribution in [2.45, 2.75) is 13.8 Å². The van der Waals surface area contributed by atoms with Gasteiger partial charge < -0.3 is 4.42 Å². The smallest absolute Gasteiger partial charge is 0.196 e. The van der Waals surface area contributed by atoms with Crippen LogP contribution in [-0.2, 0) is 0 Å². The molecule has 0 radical (unpaired) electrons. The zero-order chi connectivity index (χ0) is 13.4. The molecule has 0 aliphatic carbocycles. The predicted octanol–water partition coefficient (Wildman–Crippen LogP) is 4.28. The molecule has 2 nitrogen and oxygen atoms in total. The van der Waals surface area contributed by atoms with Gasteiger partial charge in [0, 0.05) is 10.9 Å². The molecule has 1 heterocycles. The lowest BCUT2D eigenvalue weighted by atomic mass is 9.99. The molecule has 3 aromatic rings. The first kappa shape index (κ1) is 11.7. The van der Waals surface area contributed by atoms with E-state index in [2.05, 4.69) is 0 Å². The fraction of sp³-hybridized carbons (Fsp3) is 0.118. The van der Waals surface area contributed by atoms with Crippen LogP contribution >= 0.6 is 0 Å². The van der Waals surface area contributed by atoms with Crippen molar-refractivity contribution in [2.24, 2.45) is 0 Å². The fourth-order valence-corrected chi connectivity index (χ4v) is 2.19. The molecule has 0 amide bonds. The molecule has 0 aliphatic heterocycles. The van der Waals surface area contributed by atoms with Crippen LogP contribution in [0, 0.1) is 13.8 Å². The van der Waals surface area contributed by atoms with Crippen molar-refractivity contribution in [1.29, 1.82) is 0 Å². The van der Waals surface area contributed by atoms with Crippen LogP contribution in [0.5, 0.6) is 0 Å². The van der Waals surface area contributed by atoms with Crippen molar-refractivity contribution in [3.8, 4) is 0 Å². The highest BCUT2D eigenvalue weighted by molar-refractivity contribution is 6.15. The number of furan rings is 1. The van der Waals surface area contributed by atoms with Gasteiger partial charge in [-0.2, -0.15) is 0 Å². The summed E-state index contributed by atoms with van der Waals surface area (Å²) in [5, 5.41) is 0.866. The van der Waals surface area contributed by atoms with E-state index in [1.54, 1.807) is 6.26 Å². The van der Waals surface area contributed by atoms with Gasteiger partial charge in [-0.3, -0.25) is 4.79 Å². The molecular weight excluding hydrogens is 236 g/mol. The van der Waals surface area contributed by atoms with Crippen molar-refractivity contribution >= 4 is 16.8 Å². The second-order valence-electron chi connectivity index (χ2n) is 4.77. The summed E-state index contributed by atoms with van der Waals surface area (Å²) in [5.74, 6) is 0.00745. The molecule has 2 aromatic carbocycles. The lowest BCUT2D eigenvalue weighted by molar-refractivity contribution is 0.103. The number of hydrogen-bond donors (Lipinski definition) is 0. The summed E-state index contributed by atoms with van der Waals surface area (Å²) in [6, 6.07) is 13.4. The summed E-state index contributed by atoms with van der Waals surface area (Å²) in [4.78, 5) is 12.5. The number of carbonyl (C=O) groups is 1. The third-order valence-corrected chi connectivity index (χ3v) is 3.49. The maximum absolute atomic E-state index is 12.5. The molecule has 0 spiro atoms. The summed E-state index contributed by atoms with van der Waals surface area (Å²) in [6.07, 6.45) is 1.54. The highest BCUT2D eigenvalue weighted by Gasteiger charge is 2.15. The van der Waals surface area contributed by atoms with Gasteiger partial charge in [-0.05, 0) is 37.1 Å². The van der Waals surface area contributed by atoms with Crippen LogP contribution < -0.4 is 0 Å². The average molecular weight is 250 g/mol. The zero-order valence-corrected chi connectivity index (χ0v) is 10.9.